The van der Waals surface area contributed by atoms with Gasteiger partial charge in [-0.25, -0.2) is 8.42 Å². The lowest BCUT2D eigenvalue weighted by atomic mass is 10.1. The highest BCUT2D eigenvalue weighted by Crippen LogP contribution is 2.30. The minimum atomic E-state index is -3.46. The van der Waals surface area contributed by atoms with Crippen LogP contribution in [0.2, 0.25) is 0 Å². The summed E-state index contributed by atoms with van der Waals surface area (Å²) in [4.78, 5) is 13.0. The molecule has 3 heterocycles. The average Bonchev–Trinajstić information content (AvgIpc) is 3.13. The van der Waals surface area contributed by atoms with E-state index in [9.17, 15) is 13.2 Å². The molecule has 0 fully saturated rings. The Morgan fingerprint density at radius 1 is 1.36 bits per heavy atom. The van der Waals surface area contributed by atoms with E-state index in [2.05, 4.69) is 5.32 Å². The second-order valence-corrected chi connectivity index (χ2v) is 9.42. The Bertz CT molecular complexity index is 792. The van der Waals surface area contributed by atoms with Crippen molar-refractivity contribution in [2.45, 2.75) is 30.6 Å². The van der Waals surface area contributed by atoms with Gasteiger partial charge in [0.05, 0.1) is 6.54 Å². The van der Waals surface area contributed by atoms with Crippen LogP contribution in [0.3, 0.4) is 0 Å². The summed E-state index contributed by atoms with van der Waals surface area (Å²) < 4.78 is 27.3. The molecule has 118 valence electrons. The van der Waals surface area contributed by atoms with E-state index >= 15 is 0 Å². The largest absolute Gasteiger partial charge is 0.351 e. The number of nitrogens with one attached hydrogen (secondary N) is 1. The third kappa shape index (κ3) is 3.10. The van der Waals surface area contributed by atoms with Crippen molar-refractivity contribution >= 4 is 38.6 Å². The van der Waals surface area contributed by atoms with Crippen LogP contribution in [0.1, 0.15) is 22.2 Å². The first-order valence-electron chi connectivity index (χ1n) is 6.85. The van der Waals surface area contributed by atoms with Crippen LogP contribution in [0.15, 0.2) is 27.8 Å². The van der Waals surface area contributed by atoms with Gasteiger partial charge in [-0.1, -0.05) is 0 Å². The van der Waals surface area contributed by atoms with Crippen molar-refractivity contribution in [2.24, 2.45) is 0 Å². The quantitative estimate of drug-likeness (QED) is 0.913. The van der Waals surface area contributed by atoms with Gasteiger partial charge >= 0.3 is 0 Å². The van der Waals surface area contributed by atoms with E-state index in [1.807, 2.05) is 11.4 Å². The molecule has 1 amide bonds. The van der Waals surface area contributed by atoms with Crippen LogP contribution in [-0.4, -0.2) is 25.2 Å². The minimum Gasteiger partial charge on any atom is -0.351 e. The minimum absolute atomic E-state index is 0.126. The Hall–Kier alpha value is -1.22. The van der Waals surface area contributed by atoms with Gasteiger partial charge < -0.3 is 5.32 Å². The van der Waals surface area contributed by atoms with Gasteiger partial charge in [0.1, 0.15) is 4.21 Å². The van der Waals surface area contributed by atoms with Crippen LogP contribution in [0.25, 0.3) is 0 Å². The topological polar surface area (TPSA) is 66.5 Å². The number of thiophene rings is 2. The zero-order chi connectivity index (χ0) is 15.7. The van der Waals surface area contributed by atoms with E-state index < -0.39 is 10.0 Å². The molecular formula is C14H16N2O3S3. The smallest absolute Gasteiger partial charge is 0.252 e. The zero-order valence-corrected chi connectivity index (χ0v) is 14.5. The summed E-state index contributed by atoms with van der Waals surface area (Å²) in [5, 5.41) is 4.69. The standard InChI is InChI=1S/C14H16N2O3S3/c1-10(17)15-8-12-2-3-14(21-12)22(18,19)16-6-4-13-11(9-16)5-7-20-13/h2-3,5,7H,4,6,8-9H2,1H3,(H,15,17). The van der Waals surface area contributed by atoms with Crippen LogP contribution in [0, 0.1) is 0 Å². The fraction of sp³-hybridized carbons (Fsp3) is 0.357. The molecular weight excluding hydrogens is 340 g/mol. The van der Waals surface area contributed by atoms with Crippen LogP contribution in [0.4, 0.5) is 0 Å². The summed E-state index contributed by atoms with van der Waals surface area (Å²) >= 11 is 2.91. The Morgan fingerprint density at radius 3 is 2.95 bits per heavy atom. The fourth-order valence-electron chi connectivity index (χ4n) is 2.36. The number of carbonyl (C=O) groups is 1. The van der Waals surface area contributed by atoms with Gasteiger partial charge in [0, 0.05) is 29.8 Å². The maximum atomic E-state index is 12.7. The molecule has 1 aliphatic rings. The molecule has 0 radical (unpaired) electrons. The summed E-state index contributed by atoms with van der Waals surface area (Å²) in [6.07, 6.45) is 0.774. The third-order valence-electron chi connectivity index (χ3n) is 3.52. The maximum absolute atomic E-state index is 12.7. The van der Waals surface area contributed by atoms with E-state index in [1.165, 1.54) is 27.4 Å². The average molecular weight is 356 g/mol. The molecule has 1 N–H and O–H groups in total. The lowest BCUT2D eigenvalue weighted by Gasteiger charge is -2.25. The number of hydrogen-bond donors (Lipinski definition) is 1. The van der Waals surface area contributed by atoms with E-state index in [1.54, 1.807) is 23.5 Å². The molecule has 0 bridgehead atoms. The molecule has 0 aromatic carbocycles. The normalized spacial score (nSPS) is 15.5. The molecule has 0 atom stereocenters. The SMILES string of the molecule is CC(=O)NCc1ccc(S(=O)(=O)N2CCc3sccc3C2)s1. The van der Waals surface area contributed by atoms with Crippen LogP contribution in [-0.2, 0) is 34.3 Å². The van der Waals surface area contributed by atoms with Gasteiger partial charge in [0.15, 0.2) is 0 Å². The van der Waals surface area contributed by atoms with Gasteiger partial charge in [-0.05, 0) is 35.6 Å². The molecule has 0 saturated heterocycles. The number of sulfonamides is 1. The Morgan fingerprint density at radius 2 is 2.18 bits per heavy atom. The Labute approximate surface area is 137 Å². The van der Waals surface area contributed by atoms with Gasteiger partial charge in [0.25, 0.3) is 10.0 Å². The van der Waals surface area contributed by atoms with Crippen molar-refractivity contribution in [1.82, 2.24) is 9.62 Å². The Balaban J connectivity index is 1.77. The second kappa shape index (κ2) is 6.11. The molecule has 2 aromatic rings. The van der Waals surface area contributed by atoms with E-state index in [0.717, 1.165) is 16.9 Å². The van der Waals surface area contributed by atoms with E-state index in [0.29, 0.717) is 23.8 Å². The van der Waals surface area contributed by atoms with Crippen molar-refractivity contribution in [1.29, 1.82) is 0 Å². The summed E-state index contributed by atoms with van der Waals surface area (Å²) in [7, 11) is -3.46. The molecule has 0 aliphatic carbocycles. The lowest BCUT2D eigenvalue weighted by Crippen LogP contribution is -2.34. The van der Waals surface area contributed by atoms with Crippen molar-refractivity contribution in [3.8, 4) is 0 Å². The molecule has 8 heteroatoms. The number of nitrogens with zero attached hydrogens (tertiary/aromatic N) is 1. The molecule has 3 rings (SSSR count). The Kier molecular flexibility index (Phi) is 4.35. The first-order valence-corrected chi connectivity index (χ1v) is 9.99. The van der Waals surface area contributed by atoms with Crippen LogP contribution < -0.4 is 5.32 Å². The molecule has 1 aliphatic heterocycles. The molecule has 22 heavy (non-hydrogen) atoms. The summed E-state index contributed by atoms with van der Waals surface area (Å²) in [6.45, 7) is 2.77. The molecule has 0 spiro atoms. The highest BCUT2D eigenvalue weighted by Gasteiger charge is 2.29. The van der Waals surface area contributed by atoms with Crippen molar-refractivity contribution in [3.63, 3.8) is 0 Å². The van der Waals surface area contributed by atoms with E-state index in [4.69, 9.17) is 0 Å². The van der Waals surface area contributed by atoms with Crippen molar-refractivity contribution in [2.75, 3.05) is 6.54 Å². The zero-order valence-electron chi connectivity index (χ0n) is 12.0. The first kappa shape index (κ1) is 15.7. The maximum Gasteiger partial charge on any atom is 0.252 e. The van der Waals surface area contributed by atoms with Crippen LogP contribution in [0.5, 0.6) is 0 Å². The monoisotopic (exact) mass is 356 g/mol. The lowest BCUT2D eigenvalue weighted by molar-refractivity contribution is -0.119. The highest BCUT2D eigenvalue weighted by atomic mass is 32.2. The second-order valence-electron chi connectivity index (χ2n) is 5.09. The predicted molar refractivity (Wildman–Crippen MR) is 87.5 cm³/mol. The predicted octanol–water partition coefficient (Wildman–Crippen LogP) is 2.19. The fourth-order valence-corrected chi connectivity index (χ4v) is 6.12. The van der Waals surface area contributed by atoms with Crippen molar-refractivity contribution in [3.05, 3.63) is 38.9 Å². The molecule has 2 aromatic heterocycles. The first-order chi connectivity index (χ1) is 10.5. The molecule has 0 unspecified atom stereocenters. The third-order valence-corrected chi connectivity index (χ3v) is 7.94. The van der Waals surface area contributed by atoms with Crippen LogP contribution >= 0.6 is 22.7 Å². The number of amides is 1. The van der Waals surface area contributed by atoms with E-state index in [-0.39, 0.29) is 5.91 Å². The number of rotatable bonds is 4. The number of carbonyl (C=O) groups excluding carboxylic acids is 1. The van der Waals surface area contributed by atoms with Gasteiger partial charge in [-0.3, -0.25) is 4.79 Å². The van der Waals surface area contributed by atoms with Crippen molar-refractivity contribution < 1.29 is 13.2 Å². The number of hydrogen-bond acceptors (Lipinski definition) is 5. The van der Waals surface area contributed by atoms with Gasteiger partial charge in [0.2, 0.25) is 5.91 Å². The summed E-state index contributed by atoms with van der Waals surface area (Å²) in [5.74, 6) is -0.126. The van der Waals surface area contributed by atoms with Gasteiger partial charge in [-0.15, -0.1) is 22.7 Å². The number of fused-ring (bicyclic) bond motifs is 1. The molecule has 5 nitrogen and oxygen atoms in total. The summed E-state index contributed by atoms with van der Waals surface area (Å²) in [6, 6.07) is 5.38. The molecule has 0 saturated carbocycles. The van der Waals surface area contributed by atoms with Gasteiger partial charge in [-0.2, -0.15) is 4.31 Å². The highest BCUT2D eigenvalue weighted by molar-refractivity contribution is 7.91. The summed E-state index contributed by atoms with van der Waals surface area (Å²) in [5.41, 5.74) is 1.11.